The molecule has 33 heavy (non-hydrogen) atoms. The summed E-state index contributed by atoms with van der Waals surface area (Å²) >= 11 is 0. The lowest BCUT2D eigenvalue weighted by molar-refractivity contribution is -0.131. The number of carbonyl (C=O) groups excluding carboxylic acids is 1. The third-order valence-electron chi connectivity index (χ3n) is 7.49. The maximum absolute atomic E-state index is 12.9. The van der Waals surface area contributed by atoms with E-state index < -0.39 is 0 Å². The topological polar surface area (TPSA) is 49.6 Å². The van der Waals surface area contributed by atoms with Crippen LogP contribution in [0.4, 0.5) is 5.69 Å². The second kappa shape index (κ2) is 12.6. The van der Waals surface area contributed by atoms with Crippen LogP contribution in [-0.2, 0) is 11.2 Å². The highest BCUT2D eigenvalue weighted by Gasteiger charge is 2.32. The molecular formula is C29H47N3O. The molecule has 0 spiro atoms. The molecule has 2 atom stereocenters. The largest absolute Gasteiger partial charge is 0.363 e. The molecule has 3 rings (SSSR count). The van der Waals surface area contributed by atoms with Gasteiger partial charge in [-0.3, -0.25) is 4.79 Å². The molecule has 0 aromatic heterocycles. The number of nitrogens with two attached hydrogens (primary N) is 1. The van der Waals surface area contributed by atoms with Gasteiger partial charge in [-0.05, 0) is 69.1 Å². The molecule has 4 heteroatoms. The van der Waals surface area contributed by atoms with Gasteiger partial charge in [0.05, 0.1) is 6.04 Å². The van der Waals surface area contributed by atoms with E-state index in [1.54, 1.807) is 0 Å². The van der Waals surface area contributed by atoms with Crippen molar-refractivity contribution in [1.29, 1.82) is 0 Å². The molecular weight excluding hydrogens is 406 g/mol. The fourth-order valence-corrected chi connectivity index (χ4v) is 5.49. The van der Waals surface area contributed by atoms with Gasteiger partial charge >= 0.3 is 0 Å². The summed E-state index contributed by atoms with van der Waals surface area (Å²) in [5, 5.41) is 0. The number of hydrogen-bond acceptors (Lipinski definition) is 3. The van der Waals surface area contributed by atoms with Crippen molar-refractivity contribution >= 4 is 11.6 Å². The fraction of sp³-hybridized carbons (Fsp3) is 0.690. The van der Waals surface area contributed by atoms with Gasteiger partial charge in [-0.2, -0.15) is 0 Å². The number of benzene rings is 1. The molecule has 4 nitrogen and oxygen atoms in total. The standard InChI is InChI=1S/C29H47N3O/c1-22(2)16-19-32(27-17-18-31(21-27)29(33)28(30)20-23(3)4)26-14-12-25(13-15-26)11-10-24-8-6-5-7-9-24/h12-16,23-24,27-28H,5-11,17-21,30H2,1-4H3/t27?,28-/m0/s1. The van der Waals surface area contributed by atoms with Gasteiger partial charge < -0.3 is 15.5 Å². The maximum Gasteiger partial charge on any atom is 0.239 e. The molecule has 2 N–H and O–H groups in total. The van der Waals surface area contributed by atoms with Crippen molar-refractivity contribution in [2.24, 2.45) is 17.6 Å². The zero-order valence-electron chi connectivity index (χ0n) is 21.6. The number of aryl methyl sites for hydroxylation is 1. The van der Waals surface area contributed by atoms with E-state index in [0.29, 0.717) is 12.0 Å². The van der Waals surface area contributed by atoms with E-state index in [1.165, 1.54) is 61.8 Å². The van der Waals surface area contributed by atoms with Gasteiger partial charge in [0.1, 0.15) is 0 Å². The van der Waals surface area contributed by atoms with Crippen LogP contribution < -0.4 is 10.6 Å². The first kappa shape index (κ1) is 25.8. The summed E-state index contributed by atoms with van der Waals surface area (Å²) in [5.74, 6) is 1.48. The summed E-state index contributed by atoms with van der Waals surface area (Å²) in [6.07, 6.45) is 13.7. The van der Waals surface area contributed by atoms with Crippen molar-refractivity contribution in [3.8, 4) is 0 Å². The van der Waals surface area contributed by atoms with Crippen molar-refractivity contribution < 1.29 is 4.79 Å². The fourth-order valence-electron chi connectivity index (χ4n) is 5.49. The Morgan fingerprint density at radius 1 is 1.12 bits per heavy atom. The number of anilines is 1. The van der Waals surface area contributed by atoms with E-state index in [0.717, 1.165) is 38.4 Å². The lowest BCUT2D eigenvalue weighted by Crippen LogP contribution is -2.45. The van der Waals surface area contributed by atoms with Crippen molar-refractivity contribution in [1.82, 2.24) is 4.90 Å². The zero-order valence-corrected chi connectivity index (χ0v) is 21.6. The van der Waals surface area contributed by atoms with Crippen LogP contribution in [0.5, 0.6) is 0 Å². The molecule has 1 saturated heterocycles. The van der Waals surface area contributed by atoms with Crippen molar-refractivity contribution in [2.75, 3.05) is 24.5 Å². The number of amides is 1. The maximum atomic E-state index is 12.9. The number of hydrogen-bond donors (Lipinski definition) is 1. The summed E-state index contributed by atoms with van der Waals surface area (Å²) < 4.78 is 0. The minimum atomic E-state index is -0.376. The highest BCUT2D eigenvalue weighted by atomic mass is 16.2. The molecule has 2 aliphatic rings. The Morgan fingerprint density at radius 3 is 2.45 bits per heavy atom. The molecule has 2 fully saturated rings. The molecule has 1 aliphatic heterocycles. The van der Waals surface area contributed by atoms with Crippen LogP contribution in [0.25, 0.3) is 0 Å². The van der Waals surface area contributed by atoms with Crippen LogP contribution in [0.2, 0.25) is 0 Å². The van der Waals surface area contributed by atoms with Gasteiger partial charge in [0.2, 0.25) is 5.91 Å². The highest BCUT2D eigenvalue weighted by molar-refractivity contribution is 5.82. The molecule has 0 bridgehead atoms. The Kier molecular flexibility index (Phi) is 9.85. The predicted molar refractivity (Wildman–Crippen MR) is 141 cm³/mol. The van der Waals surface area contributed by atoms with Crippen LogP contribution in [0.3, 0.4) is 0 Å². The average Bonchev–Trinajstić information content (AvgIpc) is 3.28. The van der Waals surface area contributed by atoms with Crippen molar-refractivity contribution in [3.63, 3.8) is 0 Å². The number of carbonyl (C=O) groups is 1. The van der Waals surface area contributed by atoms with E-state index >= 15 is 0 Å². The Bertz CT molecular complexity index is 760. The summed E-state index contributed by atoms with van der Waals surface area (Å²) in [6.45, 7) is 11.0. The third kappa shape index (κ3) is 7.88. The number of allylic oxidation sites excluding steroid dienone is 1. The minimum Gasteiger partial charge on any atom is -0.363 e. The first-order chi connectivity index (χ1) is 15.8. The average molecular weight is 454 g/mol. The molecule has 1 aromatic rings. The van der Waals surface area contributed by atoms with Crippen molar-refractivity contribution in [3.05, 3.63) is 41.5 Å². The molecule has 1 saturated carbocycles. The molecule has 1 aromatic carbocycles. The van der Waals surface area contributed by atoms with E-state index in [1.807, 2.05) is 4.90 Å². The first-order valence-corrected chi connectivity index (χ1v) is 13.4. The monoisotopic (exact) mass is 453 g/mol. The van der Waals surface area contributed by atoms with Crippen LogP contribution in [0.1, 0.15) is 84.6 Å². The van der Waals surface area contributed by atoms with E-state index in [2.05, 4.69) is 62.9 Å². The lowest BCUT2D eigenvalue weighted by atomic mass is 9.85. The Morgan fingerprint density at radius 2 is 1.82 bits per heavy atom. The Balaban J connectivity index is 1.63. The molecule has 184 valence electrons. The molecule has 1 heterocycles. The second-order valence-corrected chi connectivity index (χ2v) is 11.1. The summed E-state index contributed by atoms with van der Waals surface area (Å²) in [4.78, 5) is 17.3. The quantitative estimate of drug-likeness (QED) is 0.446. The SMILES string of the molecule is CC(C)=CCN(c1ccc(CCC2CCCCC2)cc1)C1CCN(C(=O)[C@@H](N)CC(C)C)C1. The zero-order chi connectivity index (χ0) is 23.8. The van der Waals surface area contributed by atoms with Gasteiger partial charge in [-0.15, -0.1) is 0 Å². The first-order valence-electron chi connectivity index (χ1n) is 13.4. The van der Waals surface area contributed by atoms with Crippen LogP contribution in [0.15, 0.2) is 35.9 Å². The smallest absolute Gasteiger partial charge is 0.239 e. The number of rotatable bonds is 10. The van der Waals surface area contributed by atoms with Gasteiger partial charge in [-0.1, -0.05) is 69.7 Å². The predicted octanol–water partition coefficient (Wildman–Crippen LogP) is 5.95. The molecule has 0 radical (unpaired) electrons. The van der Waals surface area contributed by atoms with E-state index in [4.69, 9.17) is 5.73 Å². The summed E-state index contributed by atoms with van der Waals surface area (Å²) in [7, 11) is 0. The Labute approximate surface area is 202 Å². The van der Waals surface area contributed by atoms with Crippen LogP contribution in [-0.4, -0.2) is 42.5 Å². The van der Waals surface area contributed by atoms with Crippen molar-refractivity contribution in [2.45, 2.75) is 97.6 Å². The second-order valence-electron chi connectivity index (χ2n) is 11.1. The third-order valence-corrected chi connectivity index (χ3v) is 7.49. The van der Waals surface area contributed by atoms with Gasteiger partial charge in [0, 0.05) is 31.4 Å². The minimum absolute atomic E-state index is 0.117. The van der Waals surface area contributed by atoms with Crippen LogP contribution >= 0.6 is 0 Å². The lowest BCUT2D eigenvalue weighted by Gasteiger charge is -2.31. The molecule has 1 amide bonds. The number of likely N-dealkylation sites (tertiary alicyclic amines) is 1. The van der Waals surface area contributed by atoms with E-state index in [9.17, 15) is 4.79 Å². The summed E-state index contributed by atoms with van der Waals surface area (Å²) in [5.41, 5.74) is 10.3. The Hall–Kier alpha value is -1.81. The van der Waals surface area contributed by atoms with Gasteiger partial charge in [0.25, 0.3) is 0 Å². The normalized spacial score (nSPS) is 20.2. The van der Waals surface area contributed by atoms with Gasteiger partial charge in [0.15, 0.2) is 0 Å². The molecule has 1 aliphatic carbocycles. The van der Waals surface area contributed by atoms with Gasteiger partial charge in [-0.25, -0.2) is 0 Å². The molecule has 1 unspecified atom stereocenters. The summed E-state index contributed by atoms with van der Waals surface area (Å²) in [6, 6.07) is 9.20. The van der Waals surface area contributed by atoms with E-state index in [-0.39, 0.29) is 11.9 Å². The van der Waals surface area contributed by atoms with Crippen LogP contribution in [0, 0.1) is 11.8 Å². The number of nitrogens with zero attached hydrogens (tertiary/aromatic N) is 2. The highest BCUT2D eigenvalue weighted by Crippen LogP contribution is 2.29.